The van der Waals surface area contributed by atoms with E-state index in [4.69, 9.17) is 4.98 Å². The first-order chi connectivity index (χ1) is 9.13. The third-order valence-corrected chi connectivity index (χ3v) is 4.41. The van der Waals surface area contributed by atoms with E-state index in [1.54, 1.807) is 0 Å². The van der Waals surface area contributed by atoms with Gasteiger partial charge >= 0.3 is 0 Å². The van der Waals surface area contributed by atoms with E-state index < -0.39 is 0 Å². The monoisotopic (exact) mass is 278 g/mol. The van der Waals surface area contributed by atoms with E-state index in [9.17, 15) is 0 Å². The Labute approximate surface area is 123 Å². The van der Waals surface area contributed by atoms with Gasteiger partial charge in [-0.25, -0.2) is 4.98 Å². The number of aromatic nitrogens is 2. The fourth-order valence-electron chi connectivity index (χ4n) is 2.64. The highest BCUT2D eigenvalue weighted by molar-refractivity contribution is 5.24. The SMILES string of the molecule is CN(C)C(C)(C)Cn1c(C(C)(C)C)nc2c1CCNC2. The van der Waals surface area contributed by atoms with Crippen molar-refractivity contribution in [1.82, 2.24) is 19.8 Å². The number of hydrogen-bond acceptors (Lipinski definition) is 3. The summed E-state index contributed by atoms with van der Waals surface area (Å²) >= 11 is 0. The van der Waals surface area contributed by atoms with Crippen molar-refractivity contribution in [1.29, 1.82) is 0 Å². The summed E-state index contributed by atoms with van der Waals surface area (Å²) in [4.78, 5) is 7.25. The number of likely N-dealkylation sites (N-methyl/N-ethyl adjacent to an activating group) is 1. The molecule has 1 aliphatic heterocycles. The van der Waals surface area contributed by atoms with E-state index in [0.717, 1.165) is 26.1 Å². The van der Waals surface area contributed by atoms with Crippen molar-refractivity contribution in [2.75, 3.05) is 20.6 Å². The Hall–Kier alpha value is -0.870. The van der Waals surface area contributed by atoms with Crippen LogP contribution in [0.4, 0.5) is 0 Å². The van der Waals surface area contributed by atoms with Crippen LogP contribution in [0.2, 0.25) is 0 Å². The van der Waals surface area contributed by atoms with Crippen LogP contribution in [0.25, 0.3) is 0 Å². The average molecular weight is 278 g/mol. The number of imidazole rings is 1. The van der Waals surface area contributed by atoms with Crippen molar-refractivity contribution in [3.63, 3.8) is 0 Å². The van der Waals surface area contributed by atoms with Gasteiger partial charge in [0.25, 0.3) is 0 Å². The number of nitrogens with zero attached hydrogens (tertiary/aromatic N) is 3. The first kappa shape index (κ1) is 15.5. The van der Waals surface area contributed by atoms with Gasteiger partial charge in [0.05, 0.1) is 5.69 Å². The molecule has 4 nitrogen and oxygen atoms in total. The van der Waals surface area contributed by atoms with E-state index in [1.165, 1.54) is 17.2 Å². The highest BCUT2D eigenvalue weighted by atomic mass is 15.2. The van der Waals surface area contributed by atoms with Crippen LogP contribution in [0, 0.1) is 0 Å². The Bertz CT molecular complexity index is 477. The van der Waals surface area contributed by atoms with Gasteiger partial charge < -0.3 is 14.8 Å². The quantitative estimate of drug-likeness (QED) is 0.920. The zero-order chi connectivity index (χ0) is 15.1. The van der Waals surface area contributed by atoms with Crippen LogP contribution in [0.1, 0.15) is 51.8 Å². The first-order valence-corrected chi connectivity index (χ1v) is 7.60. The summed E-state index contributed by atoms with van der Waals surface area (Å²) in [6.07, 6.45) is 1.09. The Balaban J connectivity index is 2.47. The molecule has 0 unspecified atom stereocenters. The van der Waals surface area contributed by atoms with Crippen molar-refractivity contribution in [2.24, 2.45) is 0 Å². The van der Waals surface area contributed by atoms with E-state index in [1.807, 2.05) is 0 Å². The van der Waals surface area contributed by atoms with Crippen LogP contribution in [-0.2, 0) is 24.9 Å². The summed E-state index contributed by atoms with van der Waals surface area (Å²) in [5.41, 5.74) is 2.89. The van der Waals surface area contributed by atoms with Crippen LogP contribution in [0.15, 0.2) is 0 Å². The molecule has 0 amide bonds. The summed E-state index contributed by atoms with van der Waals surface area (Å²) in [6, 6.07) is 0. The van der Waals surface area contributed by atoms with Gasteiger partial charge in [0.15, 0.2) is 0 Å². The molecule has 20 heavy (non-hydrogen) atoms. The predicted octanol–water partition coefficient (Wildman–Crippen LogP) is 2.17. The van der Waals surface area contributed by atoms with E-state index in [0.29, 0.717) is 0 Å². The second-order valence-corrected chi connectivity index (χ2v) is 7.80. The highest BCUT2D eigenvalue weighted by Crippen LogP contribution is 2.28. The van der Waals surface area contributed by atoms with E-state index in [-0.39, 0.29) is 11.0 Å². The van der Waals surface area contributed by atoms with Crippen molar-refractivity contribution in [3.8, 4) is 0 Å². The molecule has 2 rings (SSSR count). The molecule has 0 saturated heterocycles. The maximum absolute atomic E-state index is 4.95. The first-order valence-electron chi connectivity index (χ1n) is 7.60. The lowest BCUT2D eigenvalue weighted by Gasteiger charge is -2.35. The zero-order valence-corrected chi connectivity index (χ0v) is 14.2. The lowest BCUT2D eigenvalue weighted by Crippen LogP contribution is -2.43. The summed E-state index contributed by atoms with van der Waals surface area (Å²) in [5.74, 6) is 1.22. The fraction of sp³-hybridized carbons (Fsp3) is 0.812. The second kappa shape index (κ2) is 5.15. The molecule has 114 valence electrons. The van der Waals surface area contributed by atoms with Gasteiger partial charge in [-0.2, -0.15) is 0 Å². The average Bonchev–Trinajstić information content (AvgIpc) is 2.67. The predicted molar refractivity (Wildman–Crippen MR) is 84.1 cm³/mol. The topological polar surface area (TPSA) is 33.1 Å². The van der Waals surface area contributed by atoms with Gasteiger partial charge in [0.2, 0.25) is 0 Å². The third-order valence-electron chi connectivity index (χ3n) is 4.41. The van der Waals surface area contributed by atoms with Crippen LogP contribution in [-0.4, -0.2) is 40.6 Å². The second-order valence-electron chi connectivity index (χ2n) is 7.80. The molecule has 1 aromatic rings. The minimum absolute atomic E-state index is 0.0831. The van der Waals surface area contributed by atoms with E-state index >= 15 is 0 Å². The van der Waals surface area contributed by atoms with Gasteiger partial charge in [0.1, 0.15) is 5.82 Å². The fourth-order valence-corrected chi connectivity index (χ4v) is 2.64. The summed E-state index contributed by atoms with van der Waals surface area (Å²) in [6.45, 7) is 14.3. The molecule has 0 atom stereocenters. The van der Waals surface area contributed by atoms with Gasteiger partial charge in [0, 0.05) is 42.7 Å². The molecular weight excluding hydrogens is 248 g/mol. The number of hydrogen-bond donors (Lipinski definition) is 1. The zero-order valence-electron chi connectivity index (χ0n) is 14.2. The van der Waals surface area contributed by atoms with Crippen LogP contribution in [0.5, 0.6) is 0 Å². The van der Waals surface area contributed by atoms with Crippen LogP contribution in [0.3, 0.4) is 0 Å². The lowest BCUT2D eigenvalue weighted by molar-refractivity contribution is 0.164. The Morgan fingerprint density at radius 2 is 1.85 bits per heavy atom. The highest BCUT2D eigenvalue weighted by Gasteiger charge is 2.31. The van der Waals surface area contributed by atoms with Gasteiger partial charge in [-0.15, -0.1) is 0 Å². The normalized spacial score (nSPS) is 16.6. The van der Waals surface area contributed by atoms with Crippen molar-refractivity contribution in [3.05, 3.63) is 17.2 Å². The molecule has 0 aliphatic carbocycles. The molecule has 0 spiro atoms. The molecule has 0 fully saturated rings. The third kappa shape index (κ3) is 2.91. The summed E-state index contributed by atoms with van der Waals surface area (Å²) < 4.78 is 2.48. The molecular formula is C16H30N4. The molecule has 0 bridgehead atoms. The molecule has 1 aromatic heterocycles. The smallest absolute Gasteiger partial charge is 0.114 e. The molecule has 1 aliphatic rings. The van der Waals surface area contributed by atoms with E-state index in [2.05, 4.69) is 63.5 Å². The minimum Gasteiger partial charge on any atom is -0.329 e. The number of rotatable bonds is 3. The molecule has 1 N–H and O–H groups in total. The van der Waals surface area contributed by atoms with Crippen molar-refractivity contribution < 1.29 is 0 Å². The Morgan fingerprint density at radius 3 is 2.40 bits per heavy atom. The van der Waals surface area contributed by atoms with Gasteiger partial charge in [-0.1, -0.05) is 20.8 Å². The maximum atomic E-state index is 4.95. The van der Waals surface area contributed by atoms with Crippen LogP contribution >= 0.6 is 0 Å². The number of fused-ring (bicyclic) bond motifs is 1. The summed E-state index contributed by atoms with van der Waals surface area (Å²) in [7, 11) is 4.31. The standard InChI is InChI=1S/C16H30N4/c1-15(2,3)14-18-12-10-17-9-8-13(12)20(14)11-16(4,5)19(6)7/h17H,8-11H2,1-7H3. The molecule has 2 heterocycles. The molecule has 0 saturated carbocycles. The van der Waals surface area contributed by atoms with Crippen molar-refractivity contribution in [2.45, 2.75) is 65.1 Å². The summed E-state index contributed by atoms with van der Waals surface area (Å²) in [5, 5.41) is 3.43. The molecule has 0 aromatic carbocycles. The largest absolute Gasteiger partial charge is 0.329 e. The molecule has 0 radical (unpaired) electrons. The van der Waals surface area contributed by atoms with Crippen LogP contribution < -0.4 is 5.32 Å². The maximum Gasteiger partial charge on any atom is 0.114 e. The number of nitrogens with one attached hydrogen (secondary N) is 1. The lowest BCUT2D eigenvalue weighted by atomic mass is 9.94. The van der Waals surface area contributed by atoms with Gasteiger partial charge in [-0.05, 0) is 27.9 Å². The van der Waals surface area contributed by atoms with Gasteiger partial charge in [-0.3, -0.25) is 0 Å². The van der Waals surface area contributed by atoms with Crippen molar-refractivity contribution >= 4 is 0 Å². The Morgan fingerprint density at radius 1 is 1.20 bits per heavy atom. The minimum atomic E-state index is 0.0831. The molecule has 4 heteroatoms. The Kier molecular flexibility index (Phi) is 4.00.